The Kier molecular flexibility index (Phi) is 5.26. The first kappa shape index (κ1) is 14.6. The average Bonchev–Trinajstić information content (AvgIpc) is 2.75. The van der Waals surface area contributed by atoms with Gasteiger partial charge in [-0.3, -0.25) is 9.48 Å². The summed E-state index contributed by atoms with van der Waals surface area (Å²) in [6.45, 7) is 2.10. The van der Waals surface area contributed by atoms with Crippen molar-refractivity contribution in [3.8, 4) is 0 Å². The van der Waals surface area contributed by atoms with Crippen molar-refractivity contribution >= 4 is 15.8 Å². The van der Waals surface area contributed by atoms with E-state index in [1.54, 1.807) is 13.1 Å². The van der Waals surface area contributed by atoms with Crippen LogP contribution >= 0.6 is 0 Å². The highest BCUT2D eigenvalue weighted by Crippen LogP contribution is 2.03. The molecule has 0 atom stereocenters. The van der Waals surface area contributed by atoms with Crippen molar-refractivity contribution in [1.82, 2.24) is 15.0 Å². The zero-order valence-corrected chi connectivity index (χ0v) is 11.3. The van der Waals surface area contributed by atoms with E-state index >= 15 is 0 Å². The Morgan fingerprint density at radius 2 is 2.22 bits per heavy atom. The Labute approximate surface area is 106 Å². The standard InChI is InChI=1S/C10H17N3O4S/c1-3-18(15,16)8-9-7-13(12-11-9)6-4-5-10(14)17-2/h7H,3-6,8H2,1-2H3. The maximum Gasteiger partial charge on any atom is 0.305 e. The lowest BCUT2D eigenvalue weighted by molar-refractivity contribution is -0.140. The van der Waals surface area contributed by atoms with E-state index < -0.39 is 9.84 Å². The van der Waals surface area contributed by atoms with Crippen molar-refractivity contribution in [2.75, 3.05) is 12.9 Å². The van der Waals surface area contributed by atoms with Gasteiger partial charge >= 0.3 is 5.97 Å². The molecule has 0 fully saturated rings. The Morgan fingerprint density at radius 1 is 1.50 bits per heavy atom. The molecule has 0 aliphatic heterocycles. The average molecular weight is 275 g/mol. The molecule has 0 amide bonds. The summed E-state index contributed by atoms with van der Waals surface area (Å²) < 4.78 is 28.8. The number of esters is 1. The molecule has 0 N–H and O–H groups in total. The smallest absolute Gasteiger partial charge is 0.305 e. The molecule has 0 unspecified atom stereocenters. The summed E-state index contributed by atoms with van der Waals surface area (Å²) in [5, 5.41) is 7.59. The molecule has 1 aromatic heterocycles. The highest BCUT2D eigenvalue weighted by molar-refractivity contribution is 7.90. The molecule has 0 radical (unpaired) electrons. The topological polar surface area (TPSA) is 91.2 Å². The zero-order valence-electron chi connectivity index (χ0n) is 10.5. The predicted molar refractivity (Wildman–Crippen MR) is 64.4 cm³/mol. The fourth-order valence-corrected chi connectivity index (χ4v) is 2.12. The lowest BCUT2D eigenvalue weighted by Crippen LogP contribution is -2.06. The number of aromatic nitrogens is 3. The molecule has 0 bridgehead atoms. The first-order valence-electron chi connectivity index (χ1n) is 5.63. The number of nitrogens with zero attached hydrogens (tertiary/aromatic N) is 3. The Bertz CT molecular complexity index is 495. The summed E-state index contributed by atoms with van der Waals surface area (Å²) in [6, 6.07) is 0. The molecular weight excluding hydrogens is 258 g/mol. The van der Waals surface area contributed by atoms with Gasteiger partial charge in [0.05, 0.1) is 18.6 Å². The Balaban J connectivity index is 2.46. The van der Waals surface area contributed by atoms with Gasteiger partial charge in [-0.2, -0.15) is 0 Å². The van der Waals surface area contributed by atoms with Crippen LogP contribution in [-0.4, -0.2) is 42.2 Å². The first-order valence-corrected chi connectivity index (χ1v) is 7.45. The van der Waals surface area contributed by atoms with Gasteiger partial charge in [-0.05, 0) is 6.42 Å². The third-order valence-corrected chi connectivity index (χ3v) is 4.00. The maximum atomic E-state index is 11.4. The number of carbonyl (C=O) groups is 1. The van der Waals surface area contributed by atoms with Crippen molar-refractivity contribution in [2.45, 2.75) is 32.1 Å². The van der Waals surface area contributed by atoms with E-state index in [4.69, 9.17) is 0 Å². The van der Waals surface area contributed by atoms with Crippen LogP contribution in [0.4, 0.5) is 0 Å². The second-order valence-electron chi connectivity index (χ2n) is 3.83. The fraction of sp³-hybridized carbons (Fsp3) is 0.700. The van der Waals surface area contributed by atoms with Crippen LogP contribution in [0.15, 0.2) is 6.20 Å². The minimum atomic E-state index is -3.09. The summed E-state index contributed by atoms with van der Waals surface area (Å²) in [6.07, 6.45) is 2.47. The number of aryl methyl sites for hydroxylation is 1. The third-order valence-electron chi connectivity index (χ3n) is 2.39. The van der Waals surface area contributed by atoms with Gasteiger partial charge in [-0.15, -0.1) is 5.10 Å². The molecule has 0 spiro atoms. The van der Waals surface area contributed by atoms with E-state index in [0.717, 1.165) is 0 Å². The molecule has 7 nitrogen and oxygen atoms in total. The van der Waals surface area contributed by atoms with Crippen molar-refractivity contribution in [1.29, 1.82) is 0 Å². The first-order chi connectivity index (χ1) is 8.46. The third kappa shape index (κ3) is 4.82. The molecule has 1 aromatic rings. The highest BCUT2D eigenvalue weighted by Gasteiger charge is 2.12. The normalized spacial score (nSPS) is 11.4. The van der Waals surface area contributed by atoms with Gasteiger partial charge in [0.1, 0.15) is 0 Å². The Morgan fingerprint density at radius 3 is 2.83 bits per heavy atom. The fourth-order valence-electron chi connectivity index (χ4n) is 1.33. The van der Waals surface area contributed by atoms with Gasteiger partial charge in [0.2, 0.25) is 0 Å². The summed E-state index contributed by atoms with van der Waals surface area (Å²) in [5.74, 6) is -0.285. The van der Waals surface area contributed by atoms with Crippen LogP contribution in [0.1, 0.15) is 25.5 Å². The minimum absolute atomic E-state index is 0.0855. The van der Waals surface area contributed by atoms with Crippen LogP contribution in [-0.2, 0) is 31.7 Å². The molecule has 0 saturated heterocycles. The molecule has 0 aliphatic rings. The molecule has 8 heteroatoms. The number of hydrogen-bond donors (Lipinski definition) is 0. The second-order valence-corrected chi connectivity index (χ2v) is 6.18. The number of sulfone groups is 1. The lowest BCUT2D eigenvalue weighted by Gasteiger charge is -1.99. The monoisotopic (exact) mass is 275 g/mol. The number of ether oxygens (including phenoxy) is 1. The quantitative estimate of drug-likeness (QED) is 0.659. The molecule has 18 heavy (non-hydrogen) atoms. The lowest BCUT2D eigenvalue weighted by atomic mass is 10.3. The summed E-state index contributed by atoms with van der Waals surface area (Å²) in [7, 11) is -1.75. The molecule has 0 aromatic carbocycles. The molecular formula is C10H17N3O4S. The highest BCUT2D eigenvalue weighted by atomic mass is 32.2. The van der Waals surface area contributed by atoms with E-state index in [1.165, 1.54) is 11.8 Å². The number of methoxy groups -OCH3 is 1. The van der Waals surface area contributed by atoms with Crippen LogP contribution in [0, 0.1) is 0 Å². The molecule has 0 aliphatic carbocycles. The summed E-state index contributed by atoms with van der Waals surface area (Å²) >= 11 is 0. The molecule has 1 rings (SSSR count). The predicted octanol–water partition coefficient (Wildman–Crippen LogP) is 0.166. The van der Waals surface area contributed by atoms with Gasteiger partial charge in [-0.1, -0.05) is 12.1 Å². The van der Waals surface area contributed by atoms with Crippen molar-refractivity contribution < 1.29 is 17.9 Å². The number of rotatable bonds is 7. The maximum absolute atomic E-state index is 11.4. The van der Waals surface area contributed by atoms with Crippen molar-refractivity contribution in [2.24, 2.45) is 0 Å². The summed E-state index contributed by atoms with van der Waals surface area (Å²) in [5.41, 5.74) is 0.426. The largest absolute Gasteiger partial charge is 0.469 e. The van der Waals surface area contributed by atoms with Crippen LogP contribution in [0.3, 0.4) is 0 Å². The van der Waals surface area contributed by atoms with Gasteiger partial charge < -0.3 is 4.74 Å². The van der Waals surface area contributed by atoms with E-state index in [2.05, 4.69) is 15.0 Å². The number of carbonyl (C=O) groups excluding carboxylic acids is 1. The van der Waals surface area contributed by atoms with E-state index in [-0.39, 0.29) is 17.5 Å². The Hall–Kier alpha value is -1.44. The van der Waals surface area contributed by atoms with Crippen molar-refractivity contribution in [3.63, 3.8) is 0 Å². The van der Waals surface area contributed by atoms with E-state index in [0.29, 0.717) is 25.1 Å². The van der Waals surface area contributed by atoms with Crippen LogP contribution < -0.4 is 0 Å². The number of hydrogen-bond acceptors (Lipinski definition) is 6. The van der Waals surface area contributed by atoms with Crippen LogP contribution in [0.5, 0.6) is 0 Å². The second kappa shape index (κ2) is 6.48. The zero-order chi connectivity index (χ0) is 13.6. The van der Waals surface area contributed by atoms with Crippen LogP contribution in [0.25, 0.3) is 0 Å². The van der Waals surface area contributed by atoms with Crippen molar-refractivity contribution in [3.05, 3.63) is 11.9 Å². The van der Waals surface area contributed by atoms with Crippen LogP contribution in [0.2, 0.25) is 0 Å². The summed E-state index contributed by atoms with van der Waals surface area (Å²) in [4.78, 5) is 10.9. The molecule has 1 heterocycles. The van der Waals surface area contributed by atoms with Gasteiger partial charge in [0.15, 0.2) is 9.84 Å². The van der Waals surface area contributed by atoms with Gasteiger partial charge in [0, 0.05) is 24.9 Å². The van der Waals surface area contributed by atoms with E-state index in [1.807, 2.05) is 0 Å². The van der Waals surface area contributed by atoms with Gasteiger partial charge in [-0.25, -0.2) is 8.42 Å². The molecule has 0 saturated carbocycles. The SMILES string of the molecule is CCS(=O)(=O)Cc1cn(CCCC(=O)OC)nn1. The van der Waals surface area contributed by atoms with E-state index in [9.17, 15) is 13.2 Å². The molecule has 102 valence electrons. The minimum Gasteiger partial charge on any atom is -0.469 e. The van der Waals surface area contributed by atoms with Gasteiger partial charge in [0.25, 0.3) is 0 Å².